The molecule has 1 aliphatic rings. The molecule has 2 N–H and O–H groups in total. The van der Waals surface area contributed by atoms with Crippen LogP contribution in [0.3, 0.4) is 0 Å². The predicted molar refractivity (Wildman–Crippen MR) is 74.9 cm³/mol. The van der Waals surface area contributed by atoms with E-state index in [1.165, 1.54) is 4.90 Å². The Morgan fingerprint density at radius 1 is 1.30 bits per heavy atom. The first-order valence-electron chi connectivity index (χ1n) is 7.26. The van der Waals surface area contributed by atoms with Gasteiger partial charge in [-0.2, -0.15) is 13.2 Å². The molecule has 1 atom stereocenters. The molecule has 0 aromatic carbocycles. The molecule has 0 saturated carbocycles. The maximum absolute atomic E-state index is 12.3. The van der Waals surface area contributed by atoms with Gasteiger partial charge in [0.2, 0.25) is 0 Å². The number of nitrogens with one attached hydrogen (secondary N) is 2. The quantitative estimate of drug-likeness (QED) is 0.580. The van der Waals surface area contributed by atoms with Crippen LogP contribution in [0.5, 0.6) is 0 Å². The van der Waals surface area contributed by atoms with Crippen molar-refractivity contribution in [2.75, 3.05) is 39.3 Å². The van der Waals surface area contributed by atoms with Gasteiger partial charge < -0.3 is 10.6 Å². The monoisotopic (exact) mass is 294 g/mol. The van der Waals surface area contributed by atoms with Gasteiger partial charge in [0.1, 0.15) is 0 Å². The van der Waals surface area contributed by atoms with Crippen LogP contribution in [0, 0.1) is 5.92 Å². The summed E-state index contributed by atoms with van der Waals surface area (Å²) in [4.78, 5) is 5.92. The van der Waals surface area contributed by atoms with E-state index in [1.807, 2.05) is 6.92 Å². The van der Waals surface area contributed by atoms with Crippen molar-refractivity contribution in [2.45, 2.75) is 32.9 Å². The SMILES string of the molecule is CCCNC(=NCC1CCN(CC(F)(F)F)C1)NCC. The zero-order chi connectivity index (χ0) is 15.0. The van der Waals surface area contributed by atoms with Gasteiger partial charge in [0.15, 0.2) is 5.96 Å². The van der Waals surface area contributed by atoms with Gasteiger partial charge in [-0.3, -0.25) is 9.89 Å². The van der Waals surface area contributed by atoms with Gasteiger partial charge in [-0.1, -0.05) is 6.92 Å². The maximum atomic E-state index is 12.3. The Hall–Kier alpha value is -0.980. The first-order chi connectivity index (χ1) is 9.44. The van der Waals surface area contributed by atoms with Gasteiger partial charge in [-0.15, -0.1) is 0 Å². The van der Waals surface area contributed by atoms with E-state index in [0.29, 0.717) is 19.6 Å². The van der Waals surface area contributed by atoms with Gasteiger partial charge in [0.25, 0.3) is 0 Å². The normalized spacial score (nSPS) is 21.2. The van der Waals surface area contributed by atoms with Crippen molar-refractivity contribution in [3.05, 3.63) is 0 Å². The van der Waals surface area contributed by atoms with Crippen LogP contribution in [-0.2, 0) is 0 Å². The fourth-order valence-corrected chi connectivity index (χ4v) is 2.26. The molecular formula is C13H25F3N4. The number of likely N-dealkylation sites (tertiary alicyclic amines) is 1. The standard InChI is InChI=1S/C13H25F3N4/c1-3-6-18-12(17-4-2)19-8-11-5-7-20(9-11)10-13(14,15)16/h11H,3-10H2,1-2H3,(H2,17,18,19). The number of hydrogen-bond donors (Lipinski definition) is 2. The summed E-state index contributed by atoms with van der Waals surface area (Å²) in [7, 11) is 0. The lowest BCUT2D eigenvalue weighted by atomic mass is 10.1. The average molecular weight is 294 g/mol. The van der Waals surface area contributed by atoms with E-state index in [1.54, 1.807) is 0 Å². The van der Waals surface area contributed by atoms with Crippen molar-refractivity contribution in [1.82, 2.24) is 15.5 Å². The van der Waals surface area contributed by atoms with Crippen LogP contribution in [0.2, 0.25) is 0 Å². The van der Waals surface area contributed by atoms with Crippen LogP contribution < -0.4 is 10.6 Å². The predicted octanol–water partition coefficient (Wildman–Crippen LogP) is 1.84. The molecular weight excluding hydrogens is 269 g/mol. The lowest BCUT2D eigenvalue weighted by Gasteiger charge is -2.17. The Labute approximate surface area is 118 Å². The summed E-state index contributed by atoms with van der Waals surface area (Å²) in [6, 6.07) is 0. The minimum Gasteiger partial charge on any atom is -0.357 e. The fourth-order valence-electron chi connectivity index (χ4n) is 2.26. The molecule has 1 rings (SSSR count). The molecule has 7 heteroatoms. The Kier molecular flexibility index (Phi) is 7.12. The van der Waals surface area contributed by atoms with Crippen molar-refractivity contribution >= 4 is 5.96 Å². The molecule has 0 spiro atoms. The summed E-state index contributed by atoms with van der Waals surface area (Å²) in [5.41, 5.74) is 0. The zero-order valence-corrected chi connectivity index (χ0v) is 12.3. The van der Waals surface area contributed by atoms with Crippen LogP contribution >= 0.6 is 0 Å². The maximum Gasteiger partial charge on any atom is 0.401 e. The van der Waals surface area contributed by atoms with Crippen LogP contribution in [0.25, 0.3) is 0 Å². The highest BCUT2D eigenvalue weighted by Crippen LogP contribution is 2.22. The average Bonchev–Trinajstić information content (AvgIpc) is 2.78. The van der Waals surface area contributed by atoms with Crippen LogP contribution in [0.15, 0.2) is 4.99 Å². The third-order valence-corrected chi connectivity index (χ3v) is 3.17. The highest BCUT2D eigenvalue weighted by molar-refractivity contribution is 5.79. The molecule has 0 amide bonds. The molecule has 0 bridgehead atoms. The van der Waals surface area contributed by atoms with E-state index in [9.17, 15) is 13.2 Å². The summed E-state index contributed by atoms with van der Waals surface area (Å²) < 4.78 is 36.9. The summed E-state index contributed by atoms with van der Waals surface area (Å²) in [5.74, 6) is 0.970. The smallest absolute Gasteiger partial charge is 0.357 e. The van der Waals surface area contributed by atoms with Crippen LogP contribution in [0.1, 0.15) is 26.7 Å². The highest BCUT2D eigenvalue weighted by Gasteiger charge is 2.34. The van der Waals surface area contributed by atoms with E-state index in [2.05, 4.69) is 22.5 Å². The molecule has 0 radical (unpaired) electrons. The first kappa shape index (κ1) is 17.1. The topological polar surface area (TPSA) is 39.7 Å². The molecule has 0 aromatic heterocycles. The minimum absolute atomic E-state index is 0.217. The Morgan fingerprint density at radius 3 is 2.65 bits per heavy atom. The third kappa shape index (κ3) is 6.98. The molecule has 0 aromatic rings. The van der Waals surface area contributed by atoms with E-state index in [-0.39, 0.29) is 5.92 Å². The molecule has 118 valence electrons. The highest BCUT2D eigenvalue weighted by atomic mass is 19.4. The summed E-state index contributed by atoms with van der Waals surface area (Å²) >= 11 is 0. The zero-order valence-electron chi connectivity index (χ0n) is 12.3. The fraction of sp³-hybridized carbons (Fsp3) is 0.923. The number of rotatable bonds is 6. The second kappa shape index (κ2) is 8.34. The van der Waals surface area contributed by atoms with Crippen LogP contribution in [0.4, 0.5) is 13.2 Å². The minimum atomic E-state index is -4.10. The number of guanidine groups is 1. The number of nitrogens with zero attached hydrogens (tertiary/aromatic N) is 2. The van der Waals surface area contributed by atoms with Gasteiger partial charge in [0, 0.05) is 26.2 Å². The van der Waals surface area contributed by atoms with Crippen LogP contribution in [-0.4, -0.2) is 56.3 Å². The van der Waals surface area contributed by atoms with Crippen molar-refractivity contribution in [3.63, 3.8) is 0 Å². The number of alkyl halides is 3. The van der Waals surface area contributed by atoms with Crippen molar-refractivity contribution in [3.8, 4) is 0 Å². The second-order valence-electron chi connectivity index (χ2n) is 5.15. The molecule has 4 nitrogen and oxygen atoms in total. The summed E-state index contributed by atoms with van der Waals surface area (Å²) in [6.07, 6.45) is -2.31. The molecule has 20 heavy (non-hydrogen) atoms. The number of hydrogen-bond acceptors (Lipinski definition) is 2. The Balaban J connectivity index is 2.36. The molecule has 1 heterocycles. The van der Waals surface area contributed by atoms with E-state index < -0.39 is 12.7 Å². The van der Waals surface area contributed by atoms with Crippen molar-refractivity contribution < 1.29 is 13.2 Å². The van der Waals surface area contributed by atoms with E-state index in [4.69, 9.17) is 0 Å². The largest absolute Gasteiger partial charge is 0.401 e. The van der Waals surface area contributed by atoms with Gasteiger partial charge in [-0.25, -0.2) is 0 Å². The van der Waals surface area contributed by atoms with E-state index >= 15 is 0 Å². The summed E-state index contributed by atoms with van der Waals surface area (Å²) in [5, 5.41) is 6.33. The summed E-state index contributed by atoms with van der Waals surface area (Å²) in [6.45, 7) is 6.45. The lowest BCUT2D eigenvalue weighted by molar-refractivity contribution is -0.143. The van der Waals surface area contributed by atoms with Gasteiger partial charge in [-0.05, 0) is 32.2 Å². The van der Waals surface area contributed by atoms with Crippen molar-refractivity contribution in [1.29, 1.82) is 0 Å². The Morgan fingerprint density at radius 2 is 2.05 bits per heavy atom. The molecule has 1 unspecified atom stereocenters. The number of aliphatic imine (C=N–C) groups is 1. The molecule has 1 fully saturated rings. The number of halogens is 3. The molecule has 0 aliphatic carbocycles. The van der Waals surface area contributed by atoms with Gasteiger partial charge >= 0.3 is 6.18 Å². The molecule has 1 saturated heterocycles. The molecule has 1 aliphatic heterocycles. The Bertz CT molecular complexity index is 304. The van der Waals surface area contributed by atoms with E-state index in [0.717, 1.165) is 31.9 Å². The third-order valence-electron chi connectivity index (χ3n) is 3.17. The lowest BCUT2D eigenvalue weighted by Crippen LogP contribution is -2.38. The first-order valence-corrected chi connectivity index (χ1v) is 7.26. The van der Waals surface area contributed by atoms with Gasteiger partial charge in [0.05, 0.1) is 6.54 Å². The second-order valence-corrected chi connectivity index (χ2v) is 5.15. The van der Waals surface area contributed by atoms with Crippen molar-refractivity contribution in [2.24, 2.45) is 10.9 Å².